The first-order valence-corrected chi connectivity index (χ1v) is 6.30. The molecule has 0 spiro atoms. The Bertz CT molecular complexity index is 631. The first-order chi connectivity index (χ1) is 9.15. The molecule has 0 radical (unpaired) electrons. The van der Waals surface area contributed by atoms with E-state index >= 15 is 0 Å². The van der Waals surface area contributed by atoms with Gasteiger partial charge < -0.3 is 9.84 Å². The fraction of sp³-hybridized carbons (Fsp3) is 0.176. The van der Waals surface area contributed by atoms with Gasteiger partial charge in [-0.2, -0.15) is 0 Å². The van der Waals surface area contributed by atoms with Crippen LogP contribution in [-0.2, 0) is 5.60 Å². The van der Waals surface area contributed by atoms with Crippen LogP contribution in [-0.4, -0.2) is 12.2 Å². The Balaban J connectivity index is 2.20. The van der Waals surface area contributed by atoms with E-state index in [2.05, 4.69) is 6.58 Å². The van der Waals surface area contributed by atoms with Gasteiger partial charge in [0.1, 0.15) is 11.4 Å². The highest BCUT2D eigenvalue weighted by molar-refractivity contribution is 5.76. The molecular formula is C17H16O2. The van der Waals surface area contributed by atoms with Gasteiger partial charge in [0.15, 0.2) is 0 Å². The number of methoxy groups -OCH3 is 1. The number of fused-ring (bicyclic) bond motifs is 1. The standard InChI is InChI=1S/C17H16O2/c1-12-11-17(18,13-6-4-3-5-7-13)16-10-14(19-2)8-9-15(12)16/h3-10,18H,1,11H2,2H3. The lowest BCUT2D eigenvalue weighted by Gasteiger charge is -2.24. The second-order valence-electron chi connectivity index (χ2n) is 4.92. The Morgan fingerprint density at radius 3 is 2.58 bits per heavy atom. The Hall–Kier alpha value is -2.06. The van der Waals surface area contributed by atoms with Crippen molar-refractivity contribution in [2.24, 2.45) is 0 Å². The summed E-state index contributed by atoms with van der Waals surface area (Å²) >= 11 is 0. The summed E-state index contributed by atoms with van der Waals surface area (Å²) in [6.07, 6.45) is 0.527. The minimum atomic E-state index is -0.998. The van der Waals surface area contributed by atoms with Crippen LogP contribution in [0.15, 0.2) is 55.1 Å². The maximum Gasteiger partial charge on any atom is 0.119 e. The summed E-state index contributed by atoms with van der Waals surface area (Å²) in [5.41, 5.74) is 2.75. The SMILES string of the molecule is C=C1CC(O)(c2ccccc2)c2cc(OC)ccc21. The van der Waals surface area contributed by atoms with Crippen LogP contribution in [0.4, 0.5) is 0 Å². The van der Waals surface area contributed by atoms with Crippen LogP contribution in [0.5, 0.6) is 5.75 Å². The molecule has 1 aliphatic rings. The van der Waals surface area contributed by atoms with E-state index in [1.54, 1.807) is 7.11 Å². The number of hydrogen-bond acceptors (Lipinski definition) is 2. The Kier molecular flexibility index (Phi) is 2.68. The zero-order chi connectivity index (χ0) is 13.5. The van der Waals surface area contributed by atoms with Gasteiger partial charge in [-0.25, -0.2) is 0 Å². The molecule has 96 valence electrons. The molecule has 1 atom stereocenters. The lowest BCUT2D eigenvalue weighted by molar-refractivity contribution is 0.0925. The van der Waals surface area contributed by atoms with E-state index in [0.717, 1.165) is 28.0 Å². The van der Waals surface area contributed by atoms with Crippen molar-refractivity contribution < 1.29 is 9.84 Å². The van der Waals surface area contributed by atoms with Crippen molar-refractivity contribution >= 4 is 5.57 Å². The molecule has 0 amide bonds. The van der Waals surface area contributed by atoms with E-state index in [0.29, 0.717) is 6.42 Å². The number of rotatable bonds is 2. The number of ether oxygens (including phenoxy) is 1. The average Bonchev–Trinajstić information content (AvgIpc) is 2.72. The number of aliphatic hydroxyl groups is 1. The predicted octanol–water partition coefficient (Wildman–Crippen LogP) is 3.35. The normalized spacial score (nSPS) is 21.3. The average molecular weight is 252 g/mol. The van der Waals surface area contributed by atoms with E-state index in [1.165, 1.54) is 0 Å². The second kappa shape index (κ2) is 4.25. The van der Waals surface area contributed by atoms with Gasteiger partial charge in [0.05, 0.1) is 7.11 Å². The maximum atomic E-state index is 11.1. The van der Waals surface area contributed by atoms with Crippen LogP contribution in [0.3, 0.4) is 0 Å². The molecule has 0 saturated heterocycles. The summed E-state index contributed by atoms with van der Waals surface area (Å²) in [7, 11) is 1.63. The fourth-order valence-corrected chi connectivity index (χ4v) is 2.77. The molecule has 1 unspecified atom stereocenters. The summed E-state index contributed by atoms with van der Waals surface area (Å²) in [6, 6.07) is 15.5. The second-order valence-corrected chi connectivity index (χ2v) is 4.92. The van der Waals surface area contributed by atoms with Crippen LogP contribution in [0, 0.1) is 0 Å². The van der Waals surface area contributed by atoms with E-state index in [4.69, 9.17) is 4.74 Å². The van der Waals surface area contributed by atoms with Crippen molar-refractivity contribution in [3.63, 3.8) is 0 Å². The van der Waals surface area contributed by atoms with Crippen LogP contribution in [0.25, 0.3) is 5.57 Å². The van der Waals surface area contributed by atoms with Crippen molar-refractivity contribution in [3.05, 3.63) is 71.8 Å². The number of benzene rings is 2. The minimum absolute atomic E-state index is 0.527. The first-order valence-electron chi connectivity index (χ1n) is 6.30. The van der Waals surface area contributed by atoms with Crippen LogP contribution >= 0.6 is 0 Å². The molecule has 19 heavy (non-hydrogen) atoms. The zero-order valence-electron chi connectivity index (χ0n) is 10.9. The molecule has 2 heteroatoms. The summed E-state index contributed by atoms with van der Waals surface area (Å²) < 4.78 is 5.26. The van der Waals surface area contributed by atoms with E-state index in [9.17, 15) is 5.11 Å². The van der Waals surface area contributed by atoms with Crippen molar-refractivity contribution in [1.82, 2.24) is 0 Å². The molecule has 2 aromatic rings. The summed E-state index contributed by atoms with van der Waals surface area (Å²) in [5.74, 6) is 0.753. The first kappa shape index (κ1) is 12.0. The van der Waals surface area contributed by atoms with E-state index in [1.807, 2.05) is 48.5 Å². The molecule has 2 aromatic carbocycles. The summed E-state index contributed by atoms with van der Waals surface area (Å²) in [6.45, 7) is 4.07. The topological polar surface area (TPSA) is 29.5 Å². The molecule has 3 rings (SSSR count). The largest absolute Gasteiger partial charge is 0.497 e. The molecule has 1 N–H and O–H groups in total. The lowest BCUT2D eigenvalue weighted by Crippen LogP contribution is -2.23. The fourth-order valence-electron chi connectivity index (χ4n) is 2.77. The summed E-state index contributed by atoms with van der Waals surface area (Å²) in [5, 5.41) is 11.1. The third-order valence-corrected chi connectivity index (χ3v) is 3.77. The van der Waals surface area contributed by atoms with Crippen LogP contribution in [0.2, 0.25) is 0 Å². The van der Waals surface area contributed by atoms with E-state index < -0.39 is 5.60 Å². The summed E-state index contributed by atoms with van der Waals surface area (Å²) in [4.78, 5) is 0. The van der Waals surface area contributed by atoms with Gasteiger partial charge >= 0.3 is 0 Å². The maximum absolute atomic E-state index is 11.1. The third kappa shape index (κ3) is 1.76. The molecule has 2 nitrogen and oxygen atoms in total. The van der Waals surface area contributed by atoms with Crippen molar-refractivity contribution in [1.29, 1.82) is 0 Å². The van der Waals surface area contributed by atoms with Gasteiger partial charge in [0, 0.05) is 6.42 Å². The highest BCUT2D eigenvalue weighted by Crippen LogP contribution is 2.48. The predicted molar refractivity (Wildman–Crippen MR) is 76.1 cm³/mol. The van der Waals surface area contributed by atoms with Gasteiger partial charge in [-0.15, -0.1) is 0 Å². The molecule has 0 heterocycles. The zero-order valence-corrected chi connectivity index (χ0v) is 10.9. The minimum Gasteiger partial charge on any atom is -0.497 e. The Morgan fingerprint density at radius 2 is 1.89 bits per heavy atom. The third-order valence-electron chi connectivity index (χ3n) is 3.77. The highest BCUT2D eigenvalue weighted by atomic mass is 16.5. The molecule has 0 fully saturated rings. The highest BCUT2D eigenvalue weighted by Gasteiger charge is 2.40. The van der Waals surface area contributed by atoms with E-state index in [-0.39, 0.29) is 0 Å². The number of hydrogen-bond donors (Lipinski definition) is 1. The van der Waals surface area contributed by atoms with Crippen molar-refractivity contribution in [2.75, 3.05) is 7.11 Å². The smallest absolute Gasteiger partial charge is 0.119 e. The van der Waals surface area contributed by atoms with Crippen LogP contribution < -0.4 is 4.74 Å². The van der Waals surface area contributed by atoms with Gasteiger partial charge in [0.25, 0.3) is 0 Å². The van der Waals surface area contributed by atoms with Crippen LogP contribution in [0.1, 0.15) is 23.1 Å². The molecule has 0 bridgehead atoms. The molecule has 0 saturated carbocycles. The van der Waals surface area contributed by atoms with Gasteiger partial charge in [-0.3, -0.25) is 0 Å². The molecule has 0 aromatic heterocycles. The Labute approximate surface area is 113 Å². The molecule has 0 aliphatic heterocycles. The quantitative estimate of drug-likeness (QED) is 0.888. The van der Waals surface area contributed by atoms with Crippen molar-refractivity contribution in [3.8, 4) is 5.75 Å². The van der Waals surface area contributed by atoms with Gasteiger partial charge in [-0.1, -0.05) is 43.0 Å². The monoisotopic (exact) mass is 252 g/mol. The van der Waals surface area contributed by atoms with Crippen molar-refractivity contribution in [2.45, 2.75) is 12.0 Å². The van der Waals surface area contributed by atoms with Gasteiger partial charge in [-0.05, 0) is 34.4 Å². The Morgan fingerprint density at radius 1 is 1.16 bits per heavy atom. The molecule has 1 aliphatic carbocycles. The lowest BCUT2D eigenvalue weighted by atomic mass is 9.88. The molecular weight excluding hydrogens is 236 g/mol. The van der Waals surface area contributed by atoms with Gasteiger partial charge in [0.2, 0.25) is 0 Å².